The second-order valence-electron chi connectivity index (χ2n) is 8.28. The van der Waals surface area contributed by atoms with Crippen LogP contribution >= 0.6 is 23.1 Å². The number of hydrogen-bond acceptors (Lipinski definition) is 6. The fraction of sp³-hybridized carbons (Fsp3) is 0.391. The summed E-state index contributed by atoms with van der Waals surface area (Å²) in [7, 11) is 0. The van der Waals surface area contributed by atoms with Gasteiger partial charge >= 0.3 is 6.03 Å². The smallest absolute Gasteiger partial charge is 0.324 e. The molecule has 0 atom stereocenters. The number of benzene rings is 1. The van der Waals surface area contributed by atoms with Crippen LogP contribution in [0.3, 0.4) is 0 Å². The molecule has 5 rings (SSSR count). The van der Waals surface area contributed by atoms with E-state index < -0.39 is 0 Å². The molecule has 2 aliphatic rings. The van der Waals surface area contributed by atoms with Crippen LogP contribution in [0.5, 0.6) is 0 Å². The molecule has 3 aromatic rings. The van der Waals surface area contributed by atoms with Gasteiger partial charge in [-0.15, -0.1) is 11.3 Å². The minimum absolute atomic E-state index is 0.0430. The maximum atomic E-state index is 13.8. The summed E-state index contributed by atoms with van der Waals surface area (Å²) in [6, 6.07) is 5.61. The number of aryl methyl sites for hydroxylation is 4. The lowest BCUT2D eigenvalue weighted by molar-refractivity contribution is -0.124. The first-order valence-electron chi connectivity index (χ1n) is 10.8. The normalized spacial score (nSPS) is 15.8. The summed E-state index contributed by atoms with van der Waals surface area (Å²) in [6.45, 7) is 4.83. The molecule has 32 heavy (non-hydrogen) atoms. The minimum Gasteiger partial charge on any atom is -0.336 e. The molecule has 9 heteroatoms. The standard InChI is InChI=1S/C23H24N4O3S2/c1-13-7-8-16(14(2)11-13)27-21(29)19-15-5-3-4-6-17(15)32-20(19)25-23(27)31-12-18(28)26-10-9-24-22(26)30/h7-8,11H,3-6,9-10,12H2,1-2H3,(H,24,30). The lowest BCUT2D eigenvalue weighted by atomic mass is 9.97. The molecule has 3 amide bonds. The van der Waals surface area contributed by atoms with Gasteiger partial charge in [0.15, 0.2) is 5.16 Å². The Labute approximate surface area is 193 Å². The minimum atomic E-state index is -0.364. The van der Waals surface area contributed by atoms with Crippen LogP contribution in [0.1, 0.15) is 34.4 Å². The Kier molecular flexibility index (Phi) is 5.54. The Hall–Kier alpha value is -2.65. The van der Waals surface area contributed by atoms with Crippen molar-refractivity contribution < 1.29 is 9.59 Å². The van der Waals surface area contributed by atoms with Crippen LogP contribution in [0.15, 0.2) is 28.2 Å². The fourth-order valence-electron chi connectivity index (χ4n) is 4.47. The Morgan fingerprint density at radius 1 is 1.22 bits per heavy atom. The van der Waals surface area contributed by atoms with E-state index in [-0.39, 0.29) is 23.3 Å². The van der Waals surface area contributed by atoms with Crippen LogP contribution in [0.25, 0.3) is 15.9 Å². The summed E-state index contributed by atoms with van der Waals surface area (Å²) in [6.07, 6.45) is 4.13. The number of thioether (sulfide) groups is 1. The third-order valence-corrected chi connectivity index (χ3v) is 8.14. The van der Waals surface area contributed by atoms with E-state index in [9.17, 15) is 14.4 Å². The highest BCUT2D eigenvalue weighted by atomic mass is 32.2. The van der Waals surface area contributed by atoms with Crippen LogP contribution < -0.4 is 10.9 Å². The van der Waals surface area contributed by atoms with Gasteiger partial charge in [-0.3, -0.25) is 19.1 Å². The van der Waals surface area contributed by atoms with Crippen molar-refractivity contribution in [1.82, 2.24) is 19.8 Å². The van der Waals surface area contributed by atoms with Gasteiger partial charge in [-0.2, -0.15) is 0 Å². The average molecular weight is 469 g/mol. The first kappa shape index (κ1) is 21.2. The highest BCUT2D eigenvalue weighted by Gasteiger charge is 2.28. The highest BCUT2D eigenvalue weighted by Crippen LogP contribution is 2.35. The van der Waals surface area contributed by atoms with E-state index in [4.69, 9.17) is 4.98 Å². The van der Waals surface area contributed by atoms with Crippen molar-refractivity contribution in [1.29, 1.82) is 0 Å². The molecule has 1 fully saturated rings. The quantitative estimate of drug-likeness (QED) is 0.467. The van der Waals surface area contributed by atoms with E-state index in [1.807, 2.05) is 32.0 Å². The molecule has 0 saturated carbocycles. The molecule has 0 radical (unpaired) electrons. The summed E-state index contributed by atoms with van der Waals surface area (Å²) < 4.78 is 1.65. The number of rotatable bonds is 4. The zero-order valence-corrected chi connectivity index (χ0v) is 19.7. The van der Waals surface area contributed by atoms with Gasteiger partial charge in [0.2, 0.25) is 5.91 Å². The lowest BCUT2D eigenvalue weighted by Crippen LogP contribution is -2.35. The molecule has 2 aromatic heterocycles. The van der Waals surface area contributed by atoms with E-state index in [1.165, 1.54) is 21.5 Å². The topological polar surface area (TPSA) is 84.3 Å². The number of carbonyl (C=O) groups is 2. The van der Waals surface area contributed by atoms with E-state index in [0.717, 1.165) is 58.3 Å². The number of urea groups is 1. The van der Waals surface area contributed by atoms with E-state index in [2.05, 4.69) is 5.32 Å². The van der Waals surface area contributed by atoms with Gasteiger partial charge in [-0.25, -0.2) is 9.78 Å². The molecule has 1 aromatic carbocycles. The summed E-state index contributed by atoms with van der Waals surface area (Å²) in [4.78, 5) is 46.4. The molecule has 1 aliphatic heterocycles. The predicted octanol–water partition coefficient (Wildman–Crippen LogP) is 3.59. The number of imide groups is 1. The largest absolute Gasteiger partial charge is 0.336 e. The first-order chi connectivity index (χ1) is 15.4. The zero-order chi connectivity index (χ0) is 22.4. The highest BCUT2D eigenvalue weighted by molar-refractivity contribution is 7.99. The van der Waals surface area contributed by atoms with E-state index in [0.29, 0.717) is 18.2 Å². The van der Waals surface area contributed by atoms with Crippen LogP contribution in [0.2, 0.25) is 0 Å². The van der Waals surface area contributed by atoms with Crippen molar-refractivity contribution >= 4 is 45.3 Å². The van der Waals surface area contributed by atoms with Gasteiger partial charge in [0.05, 0.1) is 16.8 Å². The molecule has 7 nitrogen and oxygen atoms in total. The average Bonchev–Trinajstić information content (AvgIpc) is 3.36. The van der Waals surface area contributed by atoms with Crippen LogP contribution in [-0.4, -0.2) is 45.2 Å². The van der Waals surface area contributed by atoms with Crippen molar-refractivity contribution in [3.05, 3.63) is 50.1 Å². The Morgan fingerprint density at radius 3 is 2.78 bits per heavy atom. The van der Waals surface area contributed by atoms with Gasteiger partial charge < -0.3 is 5.32 Å². The van der Waals surface area contributed by atoms with Crippen molar-refractivity contribution in [2.24, 2.45) is 0 Å². The van der Waals surface area contributed by atoms with Crippen molar-refractivity contribution in [3.63, 3.8) is 0 Å². The number of carbonyl (C=O) groups excluding carboxylic acids is 2. The van der Waals surface area contributed by atoms with Gasteiger partial charge in [0.25, 0.3) is 5.56 Å². The van der Waals surface area contributed by atoms with Gasteiger partial charge in [0, 0.05) is 18.0 Å². The first-order valence-corrected chi connectivity index (χ1v) is 12.6. The van der Waals surface area contributed by atoms with E-state index in [1.54, 1.807) is 15.9 Å². The lowest BCUT2D eigenvalue weighted by Gasteiger charge is -2.16. The molecule has 0 bridgehead atoms. The number of nitrogens with zero attached hydrogens (tertiary/aromatic N) is 3. The Morgan fingerprint density at radius 2 is 2.03 bits per heavy atom. The molecule has 3 heterocycles. The summed E-state index contributed by atoms with van der Waals surface area (Å²) in [5, 5.41) is 3.86. The van der Waals surface area contributed by atoms with Gasteiger partial charge in [-0.05, 0) is 56.7 Å². The van der Waals surface area contributed by atoms with Crippen molar-refractivity contribution in [2.45, 2.75) is 44.7 Å². The van der Waals surface area contributed by atoms with Crippen molar-refractivity contribution in [2.75, 3.05) is 18.8 Å². The fourth-order valence-corrected chi connectivity index (χ4v) is 6.65. The Bertz CT molecular complexity index is 1310. The number of hydrogen-bond donors (Lipinski definition) is 1. The summed E-state index contributed by atoms with van der Waals surface area (Å²) >= 11 is 2.82. The zero-order valence-electron chi connectivity index (χ0n) is 18.1. The van der Waals surface area contributed by atoms with Gasteiger partial charge in [-0.1, -0.05) is 29.5 Å². The van der Waals surface area contributed by atoms with Crippen LogP contribution in [0.4, 0.5) is 4.79 Å². The number of thiophene rings is 1. The second-order valence-corrected chi connectivity index (χ2v) is 10.3. The Balaban J connectivity index is 1.62. The number of aromatic nitrogens is 2. The maximum absolute atomic E-state index is 13.8. The summed E-state index contributed by atoms with van der Waals surface area (Å²) in [5.74, 6) is -0.238. The number of nitrogens with one attached hydrogen (secondary N) is 1. The third-order valence-electron chi connectivity index (χ3n) is 6.03. The van der Waals surface area contributed by atoms with Gasteiger partial charge in [0.1, 0.15) is 4.83 Å². The molecule has 1 saturated heterocycles. The van der Waals surface area contributed by atoms with Crippen molar-refractivity contribution in [3.8, 4) is 5.69 Å². The van der Waals surface area contributed by atoms with E-state index >= 15 is 0 Å². The molecule has 0 spiro atoms. The molecule has 166 valence electrons. The molecule has 0 unspecified atom stereocenters. The van der Waals surface area contributed by atoms with Crippen LogP contribution in [-0.2, 0) is 17.6 Å². The number of amides is 3. The number of fused-ring (bicyclic) bond motifs is 3. The third kappa shape index (κ3) is 3.63. The molecule has 1 N–H and O–H groups in total. The SMILES string of the molecule is Cc1ccc(-n2c(SCC(=O)N3CCNC3=O)nc3sc4c(c3c2=O)CCCC4)c(C)c1. The molecule has 1 aliphatic carbocycles. The summed E-state index contributed by atoms with van der Waals surface area (Å²) in [5.41, 5.74) is 3.94. The maximum Gasteiger partial charge on any atom is 0.324 e. The molecular weight excluding hydrogens is 444 g/mol. The second kappa shape index (κ2) is 8.37. The molecular formula is C23H24N4O3S2. The monoisotopic (exact) mass is 468 g/mol. The van der Waals surface area contributed by atoms with Crippen LogP contribution in [0, 0.1) is 13.8 Å². The predicted molar refractivity (Wildman–Crippen MR) is 127 cm³/mol.